The molecule has 0 aliphatic rings. The highest BCUT2D eigenvalue weighted by atomic mass is 79.9. The first kappa shape index (κ1) is 24.7. The number of nitrogens with zero attached hydrogens (tertiary/aromatic N) is 3. The third-order valence-electron chi connectivity index (χ3n) is 4.93. The maximum absolute atomic E-state index is 13.0. The van der Waals surface area contributed by atoms with E-state index in [1.165, 1.54) is 23.5 Å². The van der Waals surface area contributed by atoms with Gasteiger partial charge in [0.1, 0.15) is 16.1 Å². The van der Waals surface area contributed by atoms with E-state index in [0.717, 1.165) is 16.1 Å². The highest BCUT2D eigenvalue weighted by Crippen LogP contribution is 2.28. The molecule has 2 N–H and O–H groups in total. The standard InChI is InChI=1S/C21H19BrClN5O4S/c1-3-11(2)17(24-18(29)13-6-9-15(23)16(10-13)28(31)32)19(30)25-21-27-26-20(33-21)12-4-7-14(22)8-5-12/h4-11,17H,3H2,1-2H3,(H,24,29)(H,25,27,30). The van der Waals surface area contributed by atoms with Gasteiger partial charge in [-0.3, -0.25) is 25.0 Å². The first-order valence-corrected chi connectivity index (χ1v) is 11.8. The number of halogens is 2. The minimum absolute atomic E-state index is 0.0284. The summed E-state index contributed by atoms with van der Waals surface area (Å²) in [5.41, 5.74) is 0.496. The van der Waals surface area contributed by atoms with Crippen LogP contribution in [0.5, 0.6) is 0 Å². The van der Waals surface area contributed by atoms with Crippen LogP contribution < -0.4 is 10.6 Å². The maximum Gasteiger partial charge on any atom is 0.288 e. The van der Waals surface area contributed by atoms with E-state index in [1.54, 1.807) is 0 Å². The third-order valence-corrected chi connectivity index (χ3v) is 6.67. The first-order valence-electron chi connectivity index (χ1n) is 9.84. The largest absolute Gasteiger partial charge is 0.340 e. The van der Waals surface area contributed by atoms with Gasteiger partial charge in [-0.1, -0.05) is 71.3 Å². The summed E-state index contributed by atoms with van der Waals surface area (Å²) in [5.74, 6) is -1.29. The molecule has 0 spiro atoms. The number of nitro benzene ring substituents is 1. The molecule has 0 radical (unpaired) electrons. The third kappa shape index (κ3) is 6.12. The zero-order chi connectivity index (χ0) is 24.1. The molecule has 0 saturated heterocycles. The van der Waals surface area contributed by atoms with Crippen LogP contribution in [0.15, 0.2) is 46.9 Å². The lowest BCUT2D eigenvalue weighted by atomic mass is 9.98. The summed E-state index contributed by atoms with van der Waals surface area (Å²) in [4.78, 5) is 36.2. The van der Waals surface area contributed by atoms with Gasteiger partial charge in [-0.25, -0.2) is 0 Å². The topological polar surface area (TPSA) is 127 Å². The molecule has 2 unspecified atom stereocenters. The van der Waals surface area contributed by atoms with Crippen LogP contribution in [0.1, 0.15) is 30.6 Å². The summed E-state index contributed by atoms with van der Waals surface area (Å²) in [7, 11) is 0. The SMILES string of the molecule is CCC(C)C(NC(=O)c1ccc(Cl)c([N+](=O)[O-])c1)C(=O)Nc1nnc(-c2ccc(Br)cc2)s1. The molecule has 2 atom stereocenters. The highest BCUT2D eigenvalue weighted by molar-refractivity contribution is 9.10. The molecule has 1 heterocycles. The Morgan fingerprint density at radius 3 is 2.55 bits per heavy atom. The molecule has 0 fully saturated rings. The number of rotatable bonds is 8. The molecule has 172 valence electrons. The minimum Gasteiger partial charge on any atom is -0.340 e. The second kappa shape index (κ2) is 10.8. The number of hydrogen-bond acceptors (Lipinski definition) is 7. The van der Waals surface area contributed by atoms with E-state index in [1.807, 2.05) is 38.1 Å². The lowest BCUT2D eigenvalue weighted by Crippen LogP contribution is -2.47. The Bertz CT molecular complexity index is 1190. The molecule has 1 aromatic heterocycles. The van der Waals surface area contributed by atoms with Crippen LogP contribution in [0.4, 0.5) is 10.8 Å². The highest BCUT2D eigenvalue weighted by Gasteiger charge is 2.28. The van der Waals surface area contributed by atoms with Gasteiger partial charge in [0.05, 0.1) is 4.92 Å². The summed E-state index contributed by atoms with van der Waals surface area (Å²) in [6, 6.07) is 10.3. The zero-order valence-corrected chi connectivity index (χ0v) is 20.7. The van der Waals surface area contributed by atoms with Crippen molar-refractivity contribution < 1.29 is 14.5 Å². The predicted molar refractivity (Wildman–Crippen MR) is 130 cm³/mol. The van der Waals surface area contributed by atoms with Gasteiger partial charge in [-0.2, -0.15) is 0 Å². The Hall–Kier alpha value is -2.89. The zero-order valence-electron chi connectivity index (χ0n) is 17.5. The van der Waals surface area contributed by atoms with Gasteiger partial charge in [-0.05, 0) is 30.2 Å². The number of benzene rings is 2. The van der Waals surface area contributed by atoms with Crippen LogP contribution in [0.3, 0.4) is 0 Å². The number of amides is 2. The van der Waals surface area contributed by atoms with Gasteiger partial charge in [0, 0.05) is 21.7 Å². The number of anilines is 1. The average molecular weight is 553 g/mol. The molecule has 9 nitrogen and oxygen atoms in total. The molecule has 0 aliphatic heterocycles. The molecule has 3 rings (SSSR count). The fraction of sp³-hybridized carbons (Fsp3) is 0.238. The van der Waals surface area contributed by atoms with E-state index < -0.39 is 22.8 Å². The van der Waals surface area contributed by atoms with Crippen LogP contribution >= 0.6 is 38.9 Å². The Balaban J connectivity index is 1.76. The van der Waals surface area contributed by atoms with E-state index in [0.29, 0.717) is 16.6 Å². The Kier molecular flexibility index (Phi) is 8.11. The number of carbonyl (C=O) groups is 2. The van der Waals surface area contributed by atoms with Crippen LogP contribution in [0.25, 0.3) is 10.6 Å². The Morgan fingerprint density at radius 2 is 1.91 bits per heavy atom. The van der Waals surface area contributed by atoms with Gasteiger partial charge in [0.25, 0.3) is 11.6 Å². The Morgan fingerprint density at radius 1 is 1.21 bits per heavy atom. The average Bonchev–Trinajstić information content (AvgIpc) is 3.25. The molecule has 2 aromatic carbocycles. The first-order chi connectivity index (χ1) is 15.7. The number of aromatic nitrogens is 2. The molecule has 2 amide bonds. The lowest BCUT2D eigenvalue weighted by molar-refractivity contribution is -0.384. The van der Waals surface area contributed by atoms with Crippen LogP contribution in [-0.4, -0.2) is 33.0 Å². The van der Waals surface area contributed by atoms with Gasteiger partial charge < -0.3 is 5.32 Å². The van der Waals surface area contributed by atoms with Crippen LogP contribution in [-0.2, 0) is 4.79 Å². The van der Waals surface area contributed by atoms with Crippen LogP contribution in [0, 0.1) is 16.0 Å². The van der Waals surface area contributed by atoms with Crippen LogP contribution in [0.2, 0.25) is 5.02 Å². The van der Waals surface area contributed by atoms with Gasteiger partial charge in [0.2, 0.25) is 11.0 Å². The van der Waals surface area contributed by atoms with Crippen molar-refractivity contribution in [2.75, 3.05) is 5.32 Å². The number of nitrogens with one attached hydrogen (secondary N) is 2. The number of carbonyl (C=O) groups excluding carboxylic acids is 2. The van der Waals surface area contributed by atoms with Crippen molar-refractivity contribution in [1.82, 2.24) is 15.5 Å². The predicted octanol–water partition coefficient (Wildman–Crippen LogP) is 5.31. The van der Waals surface area contributed by atoms with E-state index in [2.05, 4.69) is 36.8 Å². The monoisotopic (exact) mass is 551 g/mol. The molecule has 0 aliphatic carbocycles. The lowest BCUT2D eigenvalue weighted by Gasteiger charge is -2.23. The summed E-state index contributed by atoms with van der Waals surface area (Å²) in [5, 5.41) is 25.5. The van der Waals surface area contributed by atoms with Crippen molar-refractivity contribution >= 4 is 61.5 Å². The second-order valence-corrected chi connectivity index (χ2v) is 9.47. The number of hydrogen-bond donors (Lipinski definition) is 2. The van der Waals surface area contributed by atoms with Crippen molar-refractivity contribution in [3.05, 3.63) is 67.6 Å². The molecule has 0 bridgehead atoms. The summed E-state index contributed by atoms with van der Waals surface area (Å²) >= 11 is 10.4. The van der Waals surface area contributed by atoms with Gasteiger partial charge in [0.15, 0.2) is 0 Å². The summed E-state index contributed by atoms with van der Waals surface area (Å²) < 4.78 is 0.933. The van der Waals surface area contributed by atoms with Crippen molar-refractivity contribution in [2.24, 2.45) is 5.92 Å². The van der Waals surface area contributed by atoms with Crippen molar-refractivity contribution in [1.29, 1.82) is 0 Å². The van der Waals surface area contributed by atoms with Gasteiger partial charge in [-0.15, -0.1) is 10.2 Å². The van der Waals surface area contributed by atoms with E-state index >= 15 is 0 Å². The maximum atomic E-state index is 13.0. The van der Waals surface area contributed by atoms with E-state index in [9.17, 15) is 19.7 Å². The molecule has 33 heavy (non-hydrogen) atoms. The fourth-order valence-corrected chi connectivity index (χ4v) is 4.09. The van der Waals surface area contributed by atoms with Crippen molar-refractivity contribution in [3.8, 4) is 10.6 Å². The fourth-order valence-electron chi connectivity index (χ4n) is 2.89. The molecule has 0 saturated carbocycles. The van der Waals surface area contributed by atoms with E-state index in [-0.39, 0.29) is 22.2 Å². The molecular formula is C21H19BrClN5O4S. The molecular weight excluding hydrogens is 534 g/mol. The second-order valence-electron chi connectivity index (χ2n) is 7.17. The summed E-state index contributed by atoms with van der Waals surface area (Å²) in [6.45, 7) is 3.71. The Labute approximate surface area is 206 Å². The minimum atomic E-state index is -0.891. The number of nitro groups is 1. The van der Waals surface area contributed by atoms with Crippen molar-refractivity contribution in [2.45, 2.75) is 26.3 Å². The van der Waals surface area contributed by atoms with E-state index in [4.69, 9.17) is 11.6 Å². The quantitative estimate of drug-likeness (QED) is 0.288. The molecule has 12 heteroatoms. The normalized spacial score (nSPS) is 12.6. The smallest absolute Gasteiger partial charge is 0.288 e. The summed E-state index contributed by atoms with van der Waals surface area (Å²) in [6.07, 6.45) is 0.611. The van der Waals surface area contributed by atoms with Gasteiger partial charge >= 0.3 is 0 Å². The van der Waals surface area contributed by atoms with Crippen molar-refractivity contribution in [3.63, 3.8) is 0 Å². The molecule has 3 aromatic rings.